The number of fused-ring (bicyclic) bond motifs is 2. The number of Topliss-reactive ketones (excluding diaryl/α,β-unsaturated/α-hetero) is 1. The van der Waals surface area contributed by atoms with Gasteiger partial charge in [0, 0.05) is 16.8 Å². The lowest BCUT2D eigenvalue weighted by atomic mass is 10.2. The molecular formula is C21H17NO5S. The summed E-state index contributed by atoms with van der Waals surface area (Å²) in [5.74, 6) is -0.481. The first-order valence-corrected chi connectivity index (χ1v) is 9.80. The van der Waals surface area contributed by atoms with Gasteiger partial charge in [0.05, 0.1) is 17.9 Å². The van der Waals surface area contributed by atoms with Crippen molar-refractivity contribution in [3.63, 3.8) is 0 Å². The van der Waals surface area contributed by atoms with E-state index in [4.69, 9.17) is 9.15 Å². The fraction of sp³-hybridized carbons (Fsp3) is 0.190. The fourth-order valence-electron chi connectivity index (χ4n) is 3.01. The fourth-order valence-corrected chi connectivity index (χ4v) is 3.95. The molecule has 1 aliphatic heterocycles. The smallest absolute Gasteiger partial charge is 0.308 e. The number of rotatable bonds is 6. The van der Waals surface area contributed by atoms with Crippen LogP contribution in [-0.4, -0.2) is 36.6 Å². The highest BCUT2D eigenvalue weighted by Crippen LogP contribution is 2.34. The average Bonchev–Trinajstić information content (AvgIpc) is 3.15. The number of ketones is 1. The van der Waals surface area contributed by atoms with Crippen molar-refractivity contribution < 1.29 is 23.5 Å². The van der Waals surface area contributed by atoms with E-state index in [0.717, 1.165) is 16.0 Å². The standard InChI is InChI=1S/C21H17NO5S/c23-16(18-11-14-5-1-3-7-17(14)27-18)12-26-21(25)9-10-22-15-6-2-4-8-19(15)28-13-20(22)24/h1-8,11H,9-10,12-13H2. The van der Waals surface area contributed by atoms with Crippen LogP contribution in [0, 0.1) is 0 Å². The average molecular weight is 395 g/mol. The molecule has 0 N–H and O–H groups in total. The van der Waals surface area contributed by atoms with Gasteiger partial charge < -0.3 is 14.1 Å². The molecule has 0 saturated heterocycles. The van der Waals surface area contributed by atoms with Crippen LogP contribution in [0.4, 0.5) is 5.69 Å². The maximum Gasteiger partial charge on any atom is 0.308 e. The van der Waals surface area contributed by atoms with Crippen molar-refractivity contribution in [2.75, 3.05) is 23.8 Å². The molecule has 0 unspecified atom stereocenters. The first-order valence-electron chi connectivity index (χ1n) is 8.81. The summed E-state index contributed by atoms with van der Waals surface area (Å²) in [5, 5.41) is 0.817. The van der Waals surface area contributed by atoms with E-state index < -0.39 is 11.8 Å². The van der Waals surface area contributed by atoms with Crippen molar-refractivity contribution in [3.05, 3.63) is 60.4 Å². The van der Waals surface area contributed by atoms with Crippen LogP contribution in [0.3, 0.4) is 0 Å². The van der Waals surface area contributed by atoms with Crippen LogP contribution >= 0.6 is 11.8 Å². The SMILES string of the molecule is O=C(CCN1C(=O)CSc2ccccc21)OCC(=O)c1cc2ccccc2o1. The second kappa shape index (κ2) is 7.90. The van der Waals surface area contributed by atoms with Gasteiger partial charge in [0.25, 0.3) is 0 Å². The number of hydrogen-bond donors (Lipinski definition) is 0. The molecule has 3 aromatic rings. The molecule has 7 heteroatoms. The number of thioether (sulfide) groups is 1. The summed E-state index contributed by atoms with van der Waals surface area (Å²) in [6.45, 7) is -0.174. The largest absolute Gasteiger partial charge is 0.457 e. The number of amides is 1. The van der Waals surface area contributed by atoms with E-state index in [1.807, 2.05) is 42.5 Å². The Hall–Kier alpha value is -3.06. The molecule has 0 aliphatic carbocycles. The zero-order valence-electron chi connectivity index (χ0n) is 14.9. The highest BCUT2D eigenvalue weighted by molar-refractivity contribution is 8.00. The van der Waals surface area contributed by atoms with Crippen molar-refractivity contribution in [2.24, 2.45) is 0 Å². The highest BCUT2D eigenvalue weighted by atomic mass is 32.2. The van der Waals surface area contributed by atoms with E-state index in [1.165, 1.54) is 11.8 Å². The van der Waals surface area contributed by atoms with Gasteiger partial charge in [0.15, 0.2) is 12.4 Å². The van der Waals surface area contributed by atoms with Gasteiger partial charge in [0.1, 0.15) is 5.58 Å². The maximum absolute atomic E-state index is 12.2. The van der Waals surface area contributed by atoms with Gasteiger partial charge in [-0.15, -0.1) is 11.8 Å². The first kappa shape index (κ1) is 18.3. The molecule has 4 rings (SSSR count). The number of furan rings is 1. The molecule has 1 aromatic heterocycles. The minimum absolute atomic E-state index is 0.0121. The van der Waals surface area contributed by atoms with Crippen LogP contribution in [-0.2, 0) is 14.3 Å². The van der Waals surface area contributed by atoms with Gasteiger partial charge in [-0.2, -0.15) is 0 Å². The summed E-state index contributed by atoms with van der Waals surface area (Å²) in [5.41, 5.74) is 1.41. The molecule has 0 saturated carbocycles. The van der Waals surface area contributed by atoms with E-state index in [9.17, 15) is 14.4 Å². The van der Waals surface area contributed by atoms with Crippen LogP contribution < -0.4 is 4.90 Å². The van der Waals surface area contributed by atoms with Crippen molar-refractivity contribution >= 4 is 46.1 Å². The zero-order chi connectivity index (χ0) is 19.5. The van der Waals surface area contributed by atoms with Gasteiger partial charge in [-0.1, -0.05) is 30.3 Å². The number of benzene rings is 2. The Morgan fingerprint density at radius 3 is 2.75 bits per heavy atom. The number of hydrogen-bond acceptors (Lipinski definition) is 6. The highest BCUT2D eigenvalue weighted by Gasteiger charge is 2.25. The van der Waals surface area contributed by atoms with Crippen molar-refractivity contribution in [1.29, 1.82) is 0 Å². The van der Waals surface area contributed by atoms with Crippen LogP contribution in [0.25, 0.3) is 11.0 Å². The number of carbonyl (C=O) groups excluding carboxylic acids is 3. The first-order chi connectivity index (χ1) is 13.6. The Balaban J connectivity index is 1.32. The summed E-state index contributed by atoms with van der Waals surface area (Å²) in [6.07, 6.45) is 0.0121. The molecule has 0 fully saturated rings. The van der Waals surface area contributed by atoms with E-state index in [-0.39, 0.29) is 31.2 Å². The van der Waals surface area contributed by atoms with Gasteiger partial charge in [-0.25, -0.2) is 0 Å². The minimum Gasteiger partial charge on any atom is -0.457 e. The van der Waals surface area contributed by atoms with E-state index >= 15 is 0 Å². The summed E-state index contributed by atoms with van der Waals surface area (Å²) in [7, 11) is 0. The number of anilines is 1. The Morgan fingerprint density at radius 2 is 1.89 bits per heavy atom. The molecule has 6 nitrogen and oxygen atoms in total. The van der Waals surface area contributed by atoms with Gasteiger partial charge in [-0.05, 0) is 24.3 Å². The molecule has 28 heavy (non-hydrogen) atoms. The predicted molar refractivity (Wildman–Crippen MR) is 106 cm³/mol. The Labute approximate surface area is 165 Å². The summed E-state index contributed by atoms with van der Waals surface area (Å²) in [6, 6.07) is 16.5. The molecule has 0 spiro atoms. The normalized spacial score (nSPS) is 13.4. The van der Waals surface area contributed by atoms with Crippen molar-refractivity contribution in [2.45, 2.75) is 11.3 Å². The topological polar surface area (TPSA) is 76.8 Å². The predicted octanol–water partition coefficient (Wildman–Crippen LogP) is 3.69. The maximum atomic E-state index is 12.2. The molecule has 0 atom stereocenters. The number of ether oxygens (including phenoxy) is 1. The number of nitrogens with zero attached hydrogens (tertiary/aromatic N) is 1. The van der Waals surface area contributed by atoms with E-state index in [2.05, 4.69) is 0 Å². The number of esters is 1. The zero-order valence-corrected chi connectivity index (χ0v) is 15.7. The summed E-state index contributed by atoms with van der Waals surface area (Å²) < 4.78 is 10.6. The van der Waals surface area contributed by atoms with Crippen LogP contribution in [0.15, 0.2) is 63.9 Å². The van der Waals surface area contributed by atoms with Crippen LogP contribution in [0.1, 0.15) is 17.0 Å². The van der Waals surface area contributed by atoms with Crippen LogP contribution in [0.5, 0.6) is 0 Å². The second-order valence-corrected chi connectivity index (χ2v) is 7.30. The van der Waals surface area contributed by atoms with E-state index in [1.54, 1.807) is 17.0 Å². The summed E-state index contributed by atoms with van der Waals surface area (Å²) in [4.78, 5) is 39.1. The third-order valence-corrected chi connectivity index (χ3v) is 5.46. The third-order valence-electron chi connectivity index (χ3n) is 4.41. The Morgan fingerprint density at radius 1 is 1.11 bits per heavy atom. The van der Waals surface area contributed by atoms with Gasteiger partial charge >= 0.3 is 5.97 Å². The lowest BCUT2D eigenvalue weighted by Crippen LogP contribution is -2.37. The van der Waals surface area contributed by atoms with E-state index in [0.29, 0.717) is 11.3 Å². The molecule has 1 aliphatic rings. The molecule has 0 radical (unpaired) electrons. The quantitative estimate of drug-likeness (QED) is 0.468. The molecule has 1 amide bonds. The van der Waals surface area contributed by atoms with Gasteiger partial charge in [0.2, 0.25) is 11.7 Å². The number of para-hydroxylation sites is 2. The molecule has 2 aromatic carbocycles. The lowest BCUT2D eigenvalue weighted by Gasteiger charge is -2.28. The Kier molecular flexibility index (Phi) is 5.16. The Bertz CT molecular complexity index is 1020. The molecule has 142 valence electrons. The molecule has 2 heterocycles. The van der Waals surface area contributed by atoms with Crippen LogP contribution in [0.2, 0.25) is 0 Å². The lowest BCUT2D eigenvalue weighted by molar-refractivity contribution is -0.142. The van der Waals surface area contributed by atoms with Crippen molar-refractivity contribution in [3.8, 4) is 0 Å². The van der Waals surface area contributed by atoms with Gasteiger partial charge in [-0.3, -0.25) is 14.4 Å². The second-order valence-electron chi connectivity index (χ2n) is 6.28. The monoisotopic (exact) mass is 395 g/mol. The minimum atomic E-state index is -0.534. The van der Waals surface area contributed by atoms with Crippen molar-refractivity contribution in [1.82, 2.24) is 0 Å². The molecule has 0 bridgehead atoms. The third kappa shape index (κ3) is 3.80. The number of carbonyl (C=O) groups is 3. The molecular weight excluding hydrogens is 378 g/mol. The summed E-state index contributed by atoms with van der Waals surface area (Å²) >= 11 is 1.49.